The molecule has 0 radical (unpaired) electrons. The minimum Gasteiger partial charge on any atom is -0.478 e. The monoisotopic (exact) mass is 299 g/mol. The fraction of sp³-hybridized carbons (Fsp3) is 0.462. The summed E-state index contributed by atoms with van der Waals surface area (Å²) in [5.41, 5.74) is 0.0293. The highest BCUT2D eigenvalue weighted by molar-refractivity contribution is 7.89. The second kappa shape index (κ2) is 5.90. The van der Waals surface area contributed by atoms with E-state index in [1.54, 1.807) is 0 Å². The van der Waals surface area contributed by atoms with E-state index in [0.717, 1.165) is 12.8 Å². The summed E-state index contributed by atoms with van der Waals surface area (Å²) in [4.78, 5) is 10.7. The molecular formula is C13H17NO5S. The Hall–Kier alpha value is -1.44. The SMILES string of the molecule is O=C(O)c1ccc(S(=O)(=O)N[C@H]2CCCC[C@@H]2O)cc1. The van der Waals surface area contributed by atoms with Crippen LogP contribution in [0.3, 0.4) is 0 Å². The summed E-state index contributed by atoms with van der Waals surface area (Å²) >= 11 is 0. The maximum absolute atomic E-state index is 12.2. The molecule has 1 aromatic rings. The fourth-order valence-electron chi connectivity index (χ4n) is 2.29. The second-order valence-electron chi connectivity index (χ2n) is 4.91. The molecule has 0 saturated heterocycles. The smallest absolute Gasteiger partial charge is 0.335 e. The topological polar surface area (TPSA) is 104 Å². The number of carbonyl (C=O) groups is 1. The van der Waals surface area contributed by atoms with Crippen molar-refractivity contribution in [2.75, 3.05) is 0 Å². The molecule has 0 spiro atoms. The molecule has 6 nitrogen and oxygen atoms in total. The summed E-state index contributed by atoms with van der Waals surface area (Å²) in [5, 5.41) is 18.6. The van der Waals surface area contributed by atoms with Crippen LogP contribution in [0, 0.1) is 0 Å². The predicted molar refractivity (Wildman–Crippen MR) is 72.0 cm³/mol. The highest BCUT2D eigenvalue weighted by Crippen LogP contribution is 2.20. The molecule has 7 heteroatoms. The first-order valence-electron chi connectivity index (χ1n) is 6.44. The number of aliphatic hydroxyl groups is 1. The van der Waals surface area contributed by atoms with Gasteiger partial charge in [-0.25, -0.2) is 17.9 Å². The molecule has 0 aromatic heterocycles. The number of aliphatic hydroxyl groups excluding tert-OH is 1. The van der Waals surface area contributed by atoms with Crippen LogP contribution in [0.4, 0.5) is 0 Å². The molecule has 1 fully saturated rings. The van der Waals surface area contributed by atoms with Gasteiger partial charge in [0.2, 0.25) is 10.0 Å². The number of sulfonamides is 1. The Kier molecular flexibility index (Phi) is 4.42. The van der Waals surface area contributed by atoms with Crippen molar-refractivity contribution in [3.05, 3.63) is 29.8 Å². The van der Waals surface area contributed by atoms with Crippen molar-refractivity contribution in [2.24, 2.45) is 0 Å². The van der Waals surface area contributed by atoms with Crippen molar-refractivity contribution in [3.8, 4) is 0 Å². The Morgan fingerprint density at radius 3 is 2.30 bits per heavy atom. The van der Waals surface area contributed by atoms with E-state index >= 15 is 0 Å². The molecule has 0 aliphatic heterocycles. The number of aromatic carboxylic acids is 1. The van der Waals surface area contributed by atoms with Crippen molar-refractivity contribution < 1.29 is 23.4 Å². The first-order chi connectivity index (χ1) is 9.40. The van der Waals surface area contributed by atoms with Gasteiger partial charge in [-0.2, -0.15) is 0 Å². The van der Waals surface area contributed by atoms with Crippen LogP contribution < -0.4 is 4.72 Å². The lowest BCUT2D eigenvalue weighted by Gasteiger charge is -2.28. The second-order valence-corrected chi connectivity index (χ2v) is 6.62. The fourth-order valence-corrected chi connectivity index (χ4v) is 3.60. The summed E-state index contributed by atoms with van der Waals surface area (Å²) in [5.74, 6) is -1.11. The molecule has 20 heavy (non-hydrogen) atoms. The number of hydrogen-bond donors (Lipinski definition) is 3. The Labute approximate surface area is 117 Å². The van der Waals surface area contributed by atoms with E-state index < -0.39 is 28.1 Å². The van der Waals surface area contributed by atoms with E-state index in [0.29, 0.717) is 12.8 Å². The minimum atomic E-state index is -3.74. The van der Waals surface area contributed by atoms with Crippen molar-refractivity contribution in [3.63, 3.8) is 0 Å². The molecule has 0 heterocycles. The number of hydrogen-bond acceptors (Lipinski definition) is 4. The molecule has 0 amide bonds. The van der Waals surface area contributed by atoms with Crippen LogP contribution in [0.1, 0.15) is 36.0 Å². The zero-order valence-corrected chi connectivity index (χ0v) is 11.6. The molecule has 0 unspecified atom stereocenters. The summed E-state index contributed by atoms with van der Waals surface area (Å²) in [6, 6.07) is 4.51. The number of carboxylic acid groups (broad SMARTS) is 1. The van der Waals surface area contributed by atoms with Gasteiger partial charge in [0.15, 0.2) is 0 Å². The Bertz CT molecular complexity index is 581. The van der Waals surface area contributed by atoms with Gasteiger partial charge >= 0.3 is 5.97 Å². The average Bonchev–Trinajstić information content (AvgIpc) is 2.41. The number of rotatable bonds is 4. The van der Waals surface area contributed by atoms with Gasteiger partial charge in [0.05, 0.1) is 16.6 Å². The zero-order chi connectivity index (χ0) is 14.8. The molecule has 2 atom stereocenters. The maximum atomic E-state index is 12.2. The van der Waals surface area contributed by atoms with Gasteiger partial charge in [0, 0.05) is 6.04 Å². The third-order valence-corrected chi connectivity index (χ3v) is 4.95. The molecule has 1 aliphatic rings. The van der Waals surface area contributed by atoms with Crippen molar-refractivity contribution >= 4 is 16.0 Å². The van der Waals surface area contributed by atoms with Crippen molar-refractivity contribution in [2.45, 2.75) is 42.7 Å². The third kappa shape index (κ3) is 3.36. The standard InChI is InChI=1S/C13H17NO5S/c15-12-4-2-1-3-11(12)14-20(18,19)10-7-5-9(6-8-10)13(16)17/h5-8,11-12,14-15H,1-4H2,(H,16,17)/t11-,12-/m0/s1. The van der Waals surface area contributed by atoms with Gasteiger partial charge in [0.1, 0.15) is 0 Å². The van der Waals surface area contributed by atoms with Crippen LogP contribution in [0.5, 0.6) is 0 Å². The van der Waals surface area contributed by atoms with E-state index in [9.17, 15) is 18.3 Å². The lowest BCUT2D eigenvalue weighted by Crippen LogP contribution is -2.44. The Morgan fingerprint density at radius 2 is 1.75 bits per heavy atom. The van der Waals surface area contributed by atoms with E-state index in [1.807, 2.05) is 0 Å². The van der Waals surface area contributed by atoms with Gasteiger partial charge in [-0.3, -0.25) is 0 Å². The quantitative estimate of drug-likeness (QED) is 0.768. The number of nitrogens with one attached hydrogen (secondary N) is 1. The zero-order valence-electron chi connectivity index (χ0n) is 10.8. The molecular weight excluding hydrogens is 282 g/mol. The van der Waals surface area contributed by atoms with Crippen LogP contribution in [-0.2, 0) is 10.0 Å². The predicted octanol–water partition coefficient (Wildman–Crippen LogP) is 0.967. The van der Waals surface area contributed by atoms with Crippen molar-refractivity contribution in [1.29, 1.82) is 0 Å². The number of carboxylic acids is 1. The summed E-state index contributed by atoms with van der Waals surface area (Å²) in [6.07, 6.45) is 2.30. The molecule has 1 aliphatic carbocycles. The molecule has 1 saturated carbocycles. The van der Waals surface area contributed by atoms with Gasteiger partial charge in [-0.1, -0.05) is 12.8 Å². The van der Waals surface area contributed by atoms with E-state index in [2.05, 4.69) is 4.72 Å². The third-order valence-electron chi connectivity index (χ3n) is 3.45. The summed E-state index contributed by atoms with van der Waals surface area (Å²) in [7, 11) is -3.74. The van der Waals surface area contributed by atoms with Crippen LogP contribution in [0.15, 0.2) is 29.2 Å². The van der Waals surface area contributed by atoms with Gasteiger partial charge < -0.3 is 10.2 Å². The Balaban J connectivity index is 2.15. The molecule has 3 N–H and O–H groups in total. The maximum Gasteiger partial charge on any atom is 0.335 e. The van der Waals surface area contributed by atoms with E-state index in [1.165, 1.54) is 24.3 Å². The number of benzene rings is 1. The van der Waals surface area contributed by atoms with Crippen LogP contribution in [-0.4, -0.2) is 36.7 Å². The van der Waals surface area contributed by atoms with Gasteiger partial charge in [-0.15, -0.1) is 0 Å². The normalized spacial score (nSPS) is 23.4. The summed E-state index contributed by atoms with van der Waals surface area (Å²) < 4.78 is 26.8. The lowest BCUT2D eigenvalue weighted by atomic mass is 9.93. The van der Waals surface area contributed by atoms with Crippen LogP contribution in [0.2, 0.25) is 0 Å². The average molecular weight is 299 g/mol. The largest absolute Gasteiger partial charge is 0.478 e. The Morgan fingerprint density at radius 1 is 1.15 bits per heavy atom. The molecule has 1 aromatic carbocycles. The highest BCUT2D eigenvalue weighted by Gasteiger charge is 2.28. The minimum absolute atomic E-state index is 0.000253. The molecule has 110 valence electrons. The first-order valence-corrected chi connectivity index (χ1v) is 7.92. The lowest BCUT2D eigenvalue weighted by molar-refractivity contribution is 0.0696. The van der Waals surface area contributed by atoms with Gasteiger partial charge in [-0.05, 0) is 37.1 Å². The summed E-state index contributed by atoms with van der Waals surface area (Å²) in [6.45, 7) is 0. The van der Waals surface area contributed by atoms with Crippen LogP contribution in [0.25, 0.3) is 0 Å². The van der Waals surface area contributed by atoms with Gasteiger partial charge in [0.25, 0.3) is 0 Å². The van der Waals surface area contributed by atoms with E-state index in [-0.39, 0.29) is 10.5 Å². The van der Waals surface area contributed by atoms with Crippen molar-refractivity contribution in [1.82, 2.24) is 4.72 Å². The molecule has 0 bridgehead atoms. The highest BCUT2D eigenvalue weighted by atomic mass is 32.2. The van der Waals surface area contributed by atoms with E-state index in [4.69, 9.17) is 5.11 Å². The first kappa shape index (κ1) is 15.0. The van der Waals surface area contributed by atoms with Crippen LogP contribution >= 0.6 is 0 Å². The molecule has 2 rings (SSSR count).